The lowest BCUT2D eigenvalue weighted by atomic mass is 10.1. The van der Waals surface area contributed by atoms with Crippen LogP contribution in [0.5, 0.6) is 0 Å². The van der Waals surface area contributed by atoms with E-state index in [0.29, 0.717) is 12.5 Å². The third-order valence-electron chi connectivity index (χ3n) is 2.87. The standard InChI is InChI=1S/C10H20N2O2/c1-8(14-2)10(13)12-6-4-9(7-12)3-5-11/h8-9H,3-7,11H2,1-2H3. The van der Waals surface area contributed by atoms with Gasteiger partial charge >= 0.3 is 0 Å². The summed E-state index contributed by atoms with van der Waals surface area (Å²) in [6.45, 7) is 4.21. The summed E-state index contributed by atoms with van der Waals surface area (Å²) in [4.78, 5) is 13.6. The van der Waals surface area contributed by atoms with E-state index < -0.39 is 0 Å². The van der Waals surface area contributed by atoms with Crippen LogP contribution >= 0.6 is 0 Å². The highest BCUT2D eigenvalue weighted by Gasteiger charge is 2.28. The van der Waals surface area contributed by atoms with Crippen LogP contribution in [-0.4, -0.2) is 43.7 Å². The van der Waals surface area contributed by atoms with Crippen LogP contribution in [0.3, 0.4) is 0 Å². The lowest BCUT2D eigenvalue weighted by molar-refractivity contribution is -0.139. The summed E-state index contributed by atoms with van der Waals surface area (Å²) in [5.74, 6) is 0.694. The topological polar surface area (TPSA) is 55.6 Å². The van der Waals surface area contributed by atoms with Gasteiger partial charge in [-0.05, 0) is 32.2 Å². The average molecular weight is 200 g/mol. The number of ether oxygens (including phenoxy) is 1. The Labute approximate surface area is 85.4 Å². The Bertz CT molecular complexity index is 197. The molecule has 82 valence electrons. The molecular weight excluding hydrogens is 180 g/mol. The molecule has 0 bridgehead atoms. The maximum atomic E-state index is 11.7. The maximum Gasteiger partial charge on any atom is 0.251 e. The van der Waals surface area contributed by atoms with Crippen LogP contribution in [-0.2, 0) is 9.53 Å². The van der Waals surface area contributed by atoms with E-state index >= 15 is 0 Å². The minimum atomic E-state index is -0.313. The van der Waals surface area contributed by atoms with Crippen molar-refractivity contribution >= 4 is 5.91 Å². The Balaban J connectivity index is 2.37. The van der Waals surface area contributed by atoms with E-state index in [0.717, 1.165) is 25.9 Å². The van der Waals surface area contributed by atoms with Gasteiger partial charge in [-0.1, -0.05) is 0 Å². The van der Waals surface area contributed by atoms with Crippen LogP contribution in [0.15, 0.2) is 0 Å². The molecule has 4 heteroatoms. The second kappa shape index (κ2) is 5.32. The van der Waals surface area contributed by atoms with Crippen LogP contribution in [0.1, 0.15) is 19.8 Å². The van der Waals surface area contributed by atoms with Crippen molar-refractivity contribution in [2.75, 3.05) is 26.7 Å². The number of hydrogen-bond donors (Lipinski definition) is 1. The van der Waals surface area contributed by atoms with Crippen LogP contribution in [0.2, 0.25) is 0 Å². The first-order chi connectivity index (χ1) is 6.69. The highest BCUT2D eigenvalue weighted by atomic mass is 16.5. The second-order valence-corrected chi connectivity index (χ2v) is 3.89. The van der Waals surface area contributed by atoms with Crippen molar-refractivity contribution in [2.24, 2.45) is 11.7 Å². The van der Waals surface area contributed by atoms with Gasteiger partial charge in [-0.15, -0.1) is 0 Å². The van der Waals surface area contributed by atoms with Crippen molar-refractivity contribution in [3.8, 4) is 0 Å². The van der Waals surface area contributed by atoms with Crippen molar-refractivity contribution in [1.29, 1.82) is 0 Å². The van der Waals surface area contributed by atoms with Crippen molar-refractivity contribution in [3.63, 3.8) is 0 Å². The number of rotatable bonds is 4. The van der Waals surface area contributed by atoms with E-state index in [2.05, 4.69) is 0 Å². The summed E-state index contributed by atoms with van der Waals surface area (Å²) >= 11 is 0. The second-order valence-electron chi connectivity index (χ2n) is 3.89. The molecule has 14 heavy (non-hydrogen) atoms. The van der Waals surface area contributed by atoms with Crippen molar-refractivity contribution in [1.82, 2.24) is 4.90 Å². The molecular formula is C10H20N2O2. The fourth-order valence-electron chi connectivity index (χ4n) is 1.86. The molecule has 1 heterocycles. The fourth-order valence-corrected chi connectivity index (χ4v) is 1.86. The molecule has 0 aromatic rings. The molecule has 1 saturated heterocycles. The number of nitrogens with two attached hydrogens (primary N) is 1. The minimum absolute atomic E-state index is 0.104. The number of methoxy groups -OCH3 is 1. The van der Waals surface area contributed by atoms with Crippen LogP contribution < -0.4 is 5.73 Å². The normalized spacial score (nSPS) is 23.9. The zero-order valence-electron chi connectivity index (χ0n) is 9.03. The quantitative estimate of drug-likeness (QED) is 0.706. The van der Waals surface area contributed by atoms with Gasteiger partial charge in [-0.3, -0.25) is 4.79 Å². The fraction of sp³-hybridized carbons (Fsp3) is 0.900. The third kappa shape index (κ3) is 2.69. The first-order valence-corrected chi connectivity index (χ1v) is 5.20. The number of amides is 1. The van der Waals surface area contributed by atoms with Gasteiger partial charge in [0.2, 0.25) is 0 Å². The molecule has 0 spiro atoms. The Morgan fingerprint density at radius 2 is 2.43 bits per heavy atom. The van der Waals surface area contributed by atoms with Gasteiger partial charge in [0.1, 0.15) is 6.10 Å². The van der Waals surface area contributed by atoms with E-state index in [9.17, 15) is 4.79 Å². The van der Waals surface area contributed by atoms with Gasteiger partial charge in [-0.2, -0.15) is 0 Å². The smallest absolute Gasteiger partial charge is 0.251 e. The predicted octanol–water partition coefficient (Wildman–Crippen LogP) is 0.219. The SMILES string of the molecule is COC(C)C(=O)N1CCC(CCN)C1. The average Bonchev–Trinajstić information content (AvgIpc) is 2.64. The Kier molecular flexibility index (Phi) is 4.35. The van der Waals surface area contributed by atoms with E-state index in [1.54, 1.807) is 14.0 Å². The Morgan fingerprint density at radius 1 is 1.71 bits per heavy atom. The van der Waals surface area contributed by atoms with Crippen molar-refractivity contribution in [3.05, 3.63) is 0 Å². The molecule has 1 fully saturated rings. The molecule has 0 saturated carbocycles. The van der Waals surface area contributed by atoms with Crippen LogP contribution in [0, 0.1) is 5.92 Å². The summed E-state index contributed by atoms with van der Waals surface area (Å²) in [5, 5.41) is 0. The first kappa shape index (κ1) is 11.5. The van der Waals surface area contributed by atoms with Gasteiger partial charge in [0.15, 0.2) is 0 Å². The molecule has 2 unspecified atom stereocenters. The van der Waals surface area contributed by atoms with E-state index in [1.807, 2.05) is 4.90 Å². The number of nitrogens with zero attached hydrogens (tertiary/aromatic N) is 1. The molecule has 4 nitrogen and oxygen atoms in total. The van der Waals surface area contributed by atoms with Crippen molar-refractivity contribution in [2.45, 2.75) is 25.9 Å². The van der Waals surface area contributed by atoms with Gasteiger partial charge in [0.25, 0.3) is 5.91 Å². The lowest BCUT2D eigenvalue weighted by Crippen LogP contribution is -2.37. The monoisotopic (exact) mass is 200 g/mol. The summed E-state index contributed by atoms with van der Waals surface area (Å²) in [7, 11) is 1.57. The van der Waals surface area contributed by atoms with Crippen LogP contribution in [0.4, 0.5) is 0 Å². The van der Waals surface area contributed by atoms with Gasteiger partial charge in [-0.25, -0.2) is 0 Å². The van der Waals surface area contributed by atoms with Gasteiger partial charge in [0.05, 0.1) is 0 Å². The molecule has 0 aromatic carbocycles. The molecule has 0 aliphatic carbocycles. The molecule has 0 radical (unpaired) electrons. The molecule has 1 rings (SSSR count). The first-order valence-electron chi connectivity index (χ1n) is 5.20. The molecule has 1 aliphatic heterocycles. The Morgan fingerprint density at radius 3 is 3.00 bits per heavy atom. The molecule has 1 aliphatic rings. The summed E-state index contributed by atoms with van der Waals surface area (Å²) in [6, 6.07) is 0. The number of likely N-dealkylation sites (tertiary alicyclic amines) is 1. The highest BCUT2D eigenvalue weighted by molar-refractivity contribution is 5.80. The summed E-state index contributed by atoms with van der Waals surface area (Å²) in [5.41, 5.74) is 5.49. The zero-order chi connectivity index (χ0) is 10.6. The number of hydrogen-bond acceptors (Lipinski definition) is 3. The third-order valence-corrected chi connectivity index (χ3v) is 2.87. The van der Waals surface area contributed by atoms with Crippen LogP contribution in [0.25, 0.3) is 0 Å². The molecule has 2 N–H and O–H groups in total. The van der Waals surface area contributed by atoms with Crippen molar-refractivity contribution < 1.29 is 9.53 Å². The Hall–Kier alpha value is -0.610. The molecule has 2 atom stereocenters. The number of carbonyl (C=O) groups is 1. The van der Waals surface area contributed by atoms with E-state index in [1.165, 1.54) is 0 Å². The largest absolute Gasteiger partial charge is 0.372 e. The lowest BCUT2D eigenvalue weighted by Gasteiger charge is -2.19. The minimum Gasteiger partial charge on any atom is -0.372 e. The highest BCUT2D eigenvalue weighted by Crippen LogP contribution is 2.19. The van der Waals surface area contributed by atoms with E-state index in [-0.39, 0.29) is 12.0 Å². The van der Waals surface area contributed by atoms with Gasteiger partial charge < -0.3 is 15.4 Å². The molecule has 0 aromatic heterocycles. The summed E-state index contributed by atoms with van der Waals surface area (Å²) in [6.07, 6.45) is 1.79. The predicted molar refractivity (Wildman–Crippen MR) is 54.8 cm³/mol. The van der Waals surface area contributed by atoms with E-state index in [4.69, 9.17) is 10.5 Å². The maximum absolute atomic E-state index is 11.7. The zero-order valence-corrected chi connectivity index (χ0v) is 9.03. The number of carbonyl (C=O) groups excluding carboxylic acids is 1. The summed E-state index contributed by atoms with van der Waals surface area (Å²) < 4.78 is 5.00. The molecule has 1 amide bonds. The van der Waals surface area contributed by atoms with Gasteiger partial charge in [0, 0.05) is 20.2 Å².